The van der Waals surface area contributed by atoms with Crippen LogP contribution in [0.1, 0.15) is 5.56 Å². The number of hydrogen-bond donors (Lipinski definition) is 1. The molecule has 0 aliphatic carbocycles. The minimum atomic E-state index is 0. The molecule has 0 saturated heterocycles. The number of aryl methyl sites for hydroxylation is 1. The zero-order chi connectivity index (χ0) is 29.6. The number of para-hydroxylation sites is 1. The van der Waals surface area contributed by atoms with E-state index < -0.39 is 0 Å². The SMILES string of the molecule is Cc1ccc(O)c2nc(Oc3[c-]c4c(cc3)c3ccccc3n4-c3cc(-c4ccccc4)cc(-c4ccccc4)n3)ccc12.[Pt]. The number of ether oxygens (including phenoxy) is 1. The molecule has 1 N–H and O–H groups in total. The van der Waals surface area contributed by atoms with Crippen LogP contribution in [0, 0.1) is 13.0 Å². The average molecular weight is 764 g/mol. The second-order valence-corrected chi connectivity index (χ2v) is 10.8. The number of benzene rings is 5. The number of aromatic nitrogens is 3. The third-order valence-corrected chi connectivity index (χ3v) is 8.02. The molecule has 3 aromatic heterocycles. The van der Waals surface area contributed by atoms with E-state index in [1.54, 1.807) is 6.07 Å². The van der Waals surface area contributed by atoms with Gasteiger partial charge >= 0.3 is 0 Å². The molecule has 0 amide bonds. The van der Waals surface area contributed by atoms with Crippen LogP contribution in [0.25, 0.3) is 60.9 Å². The number of phenols is 1. The van der Waals surface area contributed by atoms with Gasteiger partial charge in [0, 0.05) is 49.3 Å². The van der Waals surface area contributed by atoms with Gasteiger partial charge in [0.2, 0.25) is 5.88 Å². The molecule has 3 heterocycles. The smallest absolute Gasteiger partial charge is 0.217 e. The summed E-state index contributed by atoms with van der Waals surface area (Å²) in [6.07, 6.45) is 0. The zero-order valence-electron chi connectivity index (χ0n) is 24.2. The Kier molecular flexibility index (Phi) is 7.40. The number of aromatic hydroxyl groups is 1. The fraction of sp³-hybridized carbons (Fsp3) is 0.0256. The van der Waals surface area contributed by atoms with Gasteiger partial charge in [-0.15, -0.1) is 17.5 Å². The maximum absolute atomic E-state index is 10.4. The van der Waals surface area contributed by atoms with Crippen molar-refractivity contribution in [2.75, 3.05) is 0 Å². The number of pyridine rings is 2. The first-order chi connectivity index (χ1) is 21.6. The summed E-state index contributed by atoms with van der Waals surface area (Å²) < 4.78 is 8.40. The third-order valence-electron chi connectivity index (χ3n) is 8.02. The Labute approximate surface area is 274 Å². The number of hydrogen-bond acceptors (Lipinski definition) is 4. The van der Waals surface area contributed by atoms with Gasteiger partial charge in [0.15, 0.2) is 0 Å². The monoisotopic (exact) mass is 763 g/mol. The Morgan fingerprint density at radius 1 is 0.644 bits per heavy atom. The van der Waals surface area contributed by atoms with E-state index in [-0.39, 0.29) is 26.8 Å². The Balaban J connectivity index is 0.00000325. The molecular weight excluding hydrogens is 738 g/mol. The molecule has 220 valence electrons. The van der Waals surface area contributed by atoms with Gasteiger partial charge in [-0.1, -0.05) is 90.4 Å². The van der Waals surface area contributed by atoms with E-state index >= 15 is 0 Å². The van der Waals surface area contributed by atoms with Crippen molar-refractivity contribution in [1.29, 1.82) is 0 Å². The van der Waals surface area contributed by atoms with Crippen LogP contribution in [0.2, 0.25) is 0 Å². The minimum Gasteiger partial charge on any atom is -0.506 e. The van der Waals surface area contributed by atoms with E-state index in [2.05, 4.69) is 82.3 Å². The standard InChI is InChI=1S/C39H26N3O2.Pt/c1-25-16-20-36(43)39-30(25)19-21-38(41-39)44-29-17-18-32-31-14-8-9-15-34(31)42(35(32)24-29)37-23-28(26-10-4-2-5-11-26)22-33(40-37)27-12-6-3-7-13-27;/h2-23,43H,1H3;/q-1;. The number of nitrogens with zero attached hydrogens (tertiary/aromatic N) is 3. The van der Waals surface area contributed by atoms with Crippen LogP contribution >= 0.6 is 0 Å². The summed E-state index contributed by atoms with van der Waals surface area (Å²) in [4.78, 5) is 9.81. The molecular formula is C39H26N3O2Pt-. The molecule has 5 aromatic carbocycles. The molecule has 0 bridgehead atoms. The molecule has 8 aromatic rings. The molecule has 0 spiro atoms. The summed E-state index contributed by atoms with van der Waals surface area (Å²) in [5, 5.41) is 13.5. The molecule has 0 atom stereocenters. The van der Waals surface area contributed by atoms with Crippen molar-refractivity contribution in [3.8, 4) is 45.6 Å². The first kappa shape index (κ1) is 28.5. The van der Waals surface area contributed by atoms with Crippen molar-refractivity contribution >= 4 is 32.7 Å². The molecule has 45 heavy (non-hydrogen) atoms. The van der Waals surface area contributed by atoms with Crippen molar-refractivity contribution in [2.45, 2.75) is 6.92 Å². The topological polar surface area (TPSA) is 60.2 Å². The van der Waals surface area contributed by atoms with Gasteiger partial charge in [-0.25, -0.2) is 9.97 Å². The van der Waals surface area contributed by atoms with Crippen LogP contribution < -0.4 is 4.74 Å². The predicted molar refractivity (Wildman–Crippen MR) is 177 cm³/mol. The maximum Gasteiger partial charge on any atom is 0.217 e. The second-order valence-electron chi connectivity index (χ2n) is 10.8. The Bertz CT molecular complexity index is 2280. The average Bonchev–Trinajstić information content (AvgIpc) is 3.41. The van der Waals surface area contributed by atoms with Gasteiger partial charge in [0.25, 0.3) is 0 Å². The molecule has 8 rings (SSSR count). The zero-order valence-corrected chi connectivity index (χ0v) is 26.5. The van der Waals surface area contributed by atoms with Gasteiger partial charge in [0.1, 0.15) is 17.1 Å². The number of rotatable bonds is 5. The number of fused-ring (bicyclic) bond motifs is 4. The summed E-state index contributed by atoms with van der Waals surface area (Å²) in [6, 6.07) is 48.0. The Morgan fingerprint density at radius 2 is 1.36 bits per heavy atom. The molecule has 0 radical (unpaired) electrons. The Morgan fingerprint density at radius 3 is 2.16 bits per heavy atom. The van der Waals surface area contributed by atoms with E-state index in [0.717, 1.165) is 61.0 Å². The van der Waals surface area contributed by atoms with Crippen LogP contribution in [0.15, 0.2) is 133 Å². The largest absolute Gasteiger partial charge is 0.506 e. The molecule has 0 unspecified atom stereocenters. The maximum atomic E-state index is 10.4. The van der Waals surface area contributed by atoms with Crippen molar-refractivity contribution in [3.05, 3.63) is 145 Å². The van der Waals surface area contributed by atoms with E-state index in [9.17, 15) is 5.11 Å². The fourth-order valence-corrected chi connectivity index (χ4v) is 5.85. The van der Waals surface area contributed by atoms with Crippen LogP contribution in [-0.4, -0.2) is 19.6 Å². The van der Waals surface area contributed by atoms with Gasteiger partial charge in [0.05, 0.1) is 5.69 Å². The quantitative estimate of drug-likeness (QED) is 0.178. The first-order valence-corrected chi connectivity index (χ1v) is 14.5. The molecule has 5 nitrogen and oxygen atoms in total. The van der Waals surface area contributed by atoms with E-state index in [0.29, 0.717) is 17.1 Å². The third kappa shape index (κ3) is 5.16. The van der Waals surface area contributed by atoms with Gasteiger partial charge < -0.3 is 14.4 Å². The van der Waals surface area contributed by atoms with E-state index in [1.807, 2.05) is 67.6 Å². The van der Waals surface area contributed by atoms with Crippen LogP contribution in [-0.2, 0) is 21.1 Å². The van der Waals surface area contributed by atoms with Gasteiger partial charge in [-0.2, -0.15) is 6.07 Å². The van der Waals surface area contributed by atoms with Crippen molar-refractivity contribution < 1.29 is 30.9 Å². The first-order valence-electron chi connectivity index (χ1n) is 14.5. The fourth-order valence-electron chi connectivity index (χ4n) is 5.85. The minimum absolute atomic E-state index is 0. The molecule has 0 saturated carbocycles. The molecule has 6 heteroatoms. The van der Waals surface area contributed by atoms with Crippen molar-refractivity contribution in [3.63, 3.8) is 0 Å². The summed E-state index contributed by atoms with van der Waals surface area (Å²) in [7, 11) is 0. The normalized spacial score (nSPS) is 11.1. The Hall–Kier alpha value is -5.25. The molecule has 0 fully saturated rings. The molecule has 0 aliphatic heterocycles. The second kappa shape index (κ2) is 11.7. The van der Waals surface area contributed by atoms with E-state index in [4.69, 9.17) is 9.72 Å². The van der Waals surface area contributed by atoms with Crippen LogP contribution in [0.5, 0.6) is 17.4 Å². The van der Waals surface area contributed by atoms with Crippen molar-refractivity contribution in [2.24, 2.45) is 0 Å². The summed E-state index contributed by atoms with van der Waals surface area (Å²) in [5.74, 6) is 1.80. The van der Waals surface area contributed by atoms with E-state index in [1.165, 1.54) is 0 Å². The summed E-state index contributed by atoms with van der Waals surface area (Å²) >= 11 is 0. The van der Waals surface area contributed by atoms with Crippen molar-refractivity contribution in [1.82, 2.24) is 14.5 Å². The number of phenolic OH excluding ortho intramolecular Hbond substituents is 1. The van der Waals surface area contributed by atoms with Gasteiger partial charge in [-0.3, -0.25) is 0 Å². The van der Waals surface area contributed by atoms with Crippen LogP contribution in [0.4, 0.5) is 0 Å². The summed E-state index contributed by atoms with van der Waals surface area (Å²) in [5.41, 5.74) is 7.53. The summed E-state index contributed by atoms with van der Waals surface area (Å²) in [6.45, 7) is 1.99. The van der Waals surface area contributed by atoms with Gasteiger partial charge in [-0.05, 0) is 59.3 Å². The molecule has 0 aliphatic rings. The van der Waals surface area contributed by atoms with Crippen LogP contribution in [0.3, 0.4) is 0 Å². The predicted octanol–water partition coefficient (Wildman–Crippen LogP) is 9.66.